The van der Waals surface area contributed by atoms with Gasteiger partial charge in [-0.15, -0.1) is 0 Å². The van der Waals surface area contributed by atoms with Crippen LogP contribution < -0.4 is 20.1 Å². The Morgan fingerprint density at radius 2 is 1.84 bits per heavy atom. The first-order valence-corrected chi connectivity index (χ1v) is 10.5. The number of dihydropyridines is 1. The van der Waals surface area contributed by atoms with Gasteiger partial charge in [-0.3, -0.25) is 9.59 Å². The average Bonchev–Trinajstić information content (AvgIpc) is 2.79. The number of hydrogen-bond donors (Lipinski definition) is 3. The van der Waals surface area contributed by atoms with E-state index in [0.29, 0.717) is 40.3 Å². The minimum absolute atomic E-state index is 0.00455. The topological polar surface area (TPSA) is 96.9 Å². The van der Waals surface area contributed by atoms with Gasteiger partial charge in [0.15, 0.2) is 17.3 Å². The molecule has 0 saturated carbocycles. The summed E-state index contributed by atoms with van der Waals surface area (Å²) < 4.78 is 10.7. The number of benzene rings is 2. The van der Waals surface area contributed by atoms with Crippen LogP contribution in [-0.2, 0) is 9.59 Å². The van der Waals surface area contributed by atoms with Crippen LogP contribution in [0.1, 0.15) is 37.7 Å². The van der Waals surface area contributed by atoms with Crippen molar-refractivity contribution in [2.24, 2.45) is 0 Å². The Hall–Kier alpha value is -3.74. The van der Waals surface area contributed by atoms with Crippen LogP contribution in [0.3, 0.4) is 0 Å². The molecule has 166 valence electrons. The lowest BCUT2D eigenvalue weighted by atomic mass is 9.75. The summed E-state index contributed by atoms with van der Waals surface area (Å²) in [5.74, 6) is -0.0707. The molecule has 1 heterocycles. The fourth-order valence-corrected chi connectivity index (χ4v) is 4.43. The van der Waals surface area contributed by atoms with E-state index in [-0.39, 0.29) is 23.2 Å². The molecule has 2 aromatic rings. The zero-order chi connectivity index (χ0) is 22.8. The zero-order valence-corrected chi connectivity index (χ0v) is 18.3. The van der Waals surface area contributed by atoms with Crippen LogP contribution in [0.25, 0.3) is 0 Å². The molecule has 0 unspecified atom stereocenters. The first-order chi connectivity index (χ1) is 15.4. The predicted octanol–water partition coefficient (Wildman–Crippen LogP) is 4.02. The standard InChI is InChI=1S/C25H26N2O5/c1-14-22(25(30)27-16-7-4-5-10-20(16)31-2)23(15-11-12-18(28)21(13-15)32-3)24-17(26-14)8-6-9-19(24)29/h4-5,7,10-13,23,26,28H,6,8-9H2,1-3H3,(H,27,30)/t23-/m0/s1. The minimum Gasteiger partial charge on any atom is -0.504 e. The zero-order valence-electron chi connectivity index (χ0n) is 18.3. The molecule has 0 spiro atoms. The summed E-state index contributed by atoms with van der Waals surface area (Å²) in [6.07, 6.45) is 1.95. The Labute approximate surface area is 186 Å². The molecule has 1 amide bonds. The highest BCUT2D eigenvalue weighted by atomic mass is 16.5. The van der Waals surface area contributed by atoms with Gasteiger partial charge in [0.1, 0.15) is 5.75 Å². The molecule has 2 aliphatic rings. The fraction of sp³-hybridized carbons (Fsp3) is 0.280. The van der Waals surface area contributed by atoms with E-state index in [1.54, 1.807) is 31.4 Å². The summed E-state index contributed by atoms with van der Waals surface area (Å²) in [5, 5.41) is 16.3. The number of rotatable bonds is 5. The third-order valence-electron chi connectivity index (χ3n) is 5.91. The van der Waals surface area contributed by atoms with Gasteiger partial charge in [0.05, 0.1) is 19.9 Å². The molecule has 7 nitrogen and oxygen atoms in total. The molecule has 32 heavy (non-hydrogen) atoms. The van der Waals surface area contributed by atoms with Gasteiger partial charge in [0.2, 0.25) is 0 Å². The van der Waals surface area contributed by atoms with Crippen molar-refractivity contribution in [1.29, 1.82) is 0 Å². The van der Waals surface area contributed by atoms with Crippen molar-refractivity contribution >= 4 is 17.4 Å². The van der Waals surface area contributed by atoms with Gasteiger partial charge < -0.3 is 25.2 Å². The van der Waals surface area contributed by atoms with E-state index in [1.807, 2.05) is 19.1 Å². The Kier molecular flexibility index (Phi) is 5.90. The van der Waals surface area contributed by atoms with E-state index in [2.05, 4.69) is 10.6 Å². The molecular formula is C25H26N2O5. The number of carbonyl (C=O) groups is 2. The Morgan fingerprint density at radius 3 is 2.59 bits per heavy atom. The lowest BCUT2D eigenvalue weighted by Gasteiger charge is -2.34. The molecule has 0 fully saturated rings. The van der Waals surface area contributed by atoms with Gasteiger partial charge in [-0.05, 0) is 49.6 Å². The number of hydrogen-bond acceptors (Lipinski definition) is 6. The summed E-state index contributed by atoms with van der Waals surface area (Å²) in [6.45, 7) is 1.84. The number of phenolic OH excluding ortho intramolecular Hbond substituents is 1. The van der Waals surface area contributed by atoms with Crippen LogP contribution in [0.2, 0.25) is 0 Å². The third-order valence-corrected chi connectivity index (χ3v) is 5.91. The van der Waals surface area contributed by atoms with Crippen LogP contribution in [-0.4, -0.2) is 31.0 Å². The number of nitrogens with one attached hydrogen (secondary N) is 2. The summed E-state index contributed by atoms with van der Waals surface area (Å²) in [5.41, 5.74) is 3.82. The molecule has 2 aromatic carbocycles. The maximum atomic E-state index is 13.6. The molecule has 7 heteroatoms. The Balaban J connectivity index is 1.82. The monoisotopic (exact) mass is 434 g/mol. The highest BCUT2D eigenvalue weighted by Crippen LogP contribution is 2.44. The first kappa shape index (κ1) is 21.5. The van der Waals surface area contributed by atoms with E-state index >= 15 is 0 Å². The number of para-hydroxylation sites is 2. The van der Waals surface area contributed by atoms with Crippen molar-refractivity contribution in [3.05, 3.63) is 70.6 Å². The minimum atomic E-state index is -0.580. The second-order valence-corrected chi connectivity index (χ2v) is 7.85. The van der Waals surface area contributed by atoms with Gasteiger partial charge >= 0.3 is 0 Å². The maximum Gasteiger partial charge on any atom is 0.254 e. The molecule has 4 rings (SSSR count). The highest BCUT2D eigenvalue weighted by Gasteiger charge is 2.38. The van der Waals surface area contributed by atoms with Crippen molar-refractivity contribution in [3.8, 4) is 17.2 Å². The number of ketones is 1. The van der Waals surface area contributed by atoms with Crippen LogP contribution >= 0.6 is 0 Å². The lowest BCUT2D eigenvalue weighted by molar-refractivity contribution is -0.116. The third kappa shape index (κ3) is 3.82. The smallest absolute Gasteiger partial charge is 0.254 e. The number of Topliss-reactive ketones (excluding diaryl/α,β-unsaturated/α-hetero) is 1. The van der Waals surface area contributed by atoms with E-state index in [9.17, 15) is 14.7 Å². The van der Waals surface area contributed by atoms with E-state index in [4.69, 9.17) is 9.47 Å². The van der Waals surface area contributed by atoms with Crippen LogP contribution in [0.5, 0.6) is 17.2 Å². The number of ether oxygens (including phenoxy) is 2. The molecule has 1 aliphatic carbocycles. The van der Waals surface area contributed by atoms with Crippen molar-refractivity contribution in [2.75, 3.05) is 19.5 Å². The lowest BCUT2D eigenvalue weighted by Crippen LogP contribution is -2.35. The quantitative estimate of drug-likeness (QED) is 0.658. The number of anilines is 1. The van der Waals surface area contributed by atoms with E-state index < -0.39 is 5.92 Å². The van der Waals surface area contributed by atoms with E-state index in [0.717, 1.165) is 18.5 Å². The molecule has 1 atom stereocenters. The number of methoxy groups -OCH3 is 2. The molecule has 3 N–H and O–H groups in total. The van der Waals surface area contributed by atoms with Gasteiger partial charge in [-0.1, -0.05) is 18.2 Å². The van der Waals surface area contributed by atoms with Gasteiger partial charge in [-0.25, -0.2) is 0 Å². The van der Waals surface area contributed by atoms with Crippen LogP contribution in [0.4, 0.5) is 5.69 Å². The van der Waals surface area contributed by atoms with Gasteiger partial charge in [-0.2, -0.15) is 0 Å². The summed E-state index contributed by atoms with van der Waals surface area (Å²) in [6, 6.07) is 12.1. The van der Waals surface area contributed by atoms with E-state index in [1.165, 1.54) is 13.2 Å². The number of phenols is 1. The Morgan fingerprint density at radius 1 is 1.09 bits per heavy atom. The van der Waals surface area contributed by atoms with Crippen molar-refractivity contribution < 1.29 is 24.2 Å². The molecule has 0 aromatic heterocycles. The SMILES string of the molecule is COc1cc([C@H]2C(C(=O)Nc3ccccc3OC)=C(C)NC3=C2C(=O)CCC3)ccc1O. The summed E-state index contributed by atoms with van der Waals surface area (Å²) >= 11 is 0. The maximum absolute atomic E-state index is 13.6. The summed E-state index contributed by atoms with van der Waals surface area (Å²) in [4.78, 5) is 26.6. The number of amides is 1. The van der Waals surface area contributed by atoms with Gasteiger partial charge in [0, 0.05) is 34.9 Å². The molecule has 0 radical (unpaired) electrons. The number of carbonyl (C=O) groups excluding carboxylic acids is 2. The number of allylic oxidation sites excluding steroid dienone is 3. The van der Waals surface area contributed by atoms with Crippen LogP contribution in [0, 0.1) is 0 Å². The number of aromatic hydroxyl groups is 1. The summed E-state index contributed by atoms with van der Waals surface area (Å²) in [7, 11) is 3.01. The second kappa shape index (κ2) is 8.78. The molecular weight excluding hydrogens is 408 g/mol. The largest absolute Gasteiger partial charge is 0.504 e. The van der Waals surface area contributed by atoms with Gasteiger partial charge in [0.25, 0.3) is 5.91 Å². The average molecular weight is 434 g/mol. The van der Waals surface area contributed by atoms with Crippen molar-refractivity contribution in [3.63, 3.8) is 0 Å². The Bertz CT molecular complexity index is 1150. The van der Waals surface area contributed by atoms with Crippen molar-refractivity contribution in [2.45, 2.75) is 32.1 Å². The normalized spacial score (nSPS) is 18.1. The predicted molar refractivity (Wildman–Crippen MR) is 121 cm³/mol. The second-order valence-electron chi connectivity index (χ2n) is 7.85. The highest BCUT2D eigenvalue weighted by molar-refractivity contribution is 6.10. The molecule has 0 bridgehead atoms. The van der Waals surface area contributed by atoms with Crippen molar-refractivity contribution in [1.82, 2.24) is 5.32 Å². The van der Waals surface area contributed by atoms with Crippen LogP contribution in [0.15, 0.2) is 65.0 Å². The molecule has 0 saturated heterocycles. The first-order valence-electron chi connectivity index (χ1n) is 10.5. The molecule has 1 aliphatic heterocycles. The fourth-order valence-electron chi connectivity index (χ4n) is 4.43.